The molecule has 0 amide bonds. The molecular formula is C22H32FNO4. The summed E-state index contributed by atoms with van der Waals surface area (Å²) in [6, 6.07) is 3.45. The van der Waals surface area contributed by atoms with Crippen LogP contribution in [0, 0.1) is 11.7 Å². The van der Waals surface area contributed by atoms with Gasteiger partial charge in [-0.3, -0.25) is 4.79 Å². The van der Waals surface area contributed by atoms with Crippen molar-refractivity contribution >= 4 is 5.97 Å². The molecule has 1 aromatic rings. The number of methoxy groups -OCH3 is 3. The summed E-state index contributed by atoms with van der Waals surface area (Å²) >= 11 is 0. The van der Waals surface area contributed by atoms with E-state index in [9.17, 15) is 4.79 Å². The number of hydrogen-bond donors (Lipinski definition) is 1. The molecule has 1 atom stereocenters. The van der Waals surface area contributed by atoms with E-state index in [0.29, 0.717) is 5.56 Å². The number of hydrogen-bond acceptors (Lipinski definition) is 5. The molecule has 1 aromatic carbocycles. The number of benzene rings is 1. The molecule has 5 nitrogen and oxygen atoms in total. The fourth-order valence-corrected chi connectivity index (χ4v) is 4.94. The second-order valence-electron chi connectivity index (χ2n) is 7.93. The fourth-order valence-electron chi connectivity index (χ4n) is 4.94. The van der Waals surface area contributed by atoms with Gasteiger partial charge in [-0.1, -0.05) is 19.3 Å². The van der Waals surface area contributed by atoms with E-state index in [1.807, 2.05) is 6.07 Å². The van der Waals surface area contributed by atoms with E-state index < -0.39 is 17.3 Å². The molecule has 2 fully saturated rings. The highest BCUT2D eigenvalue weighted by Gasteiger charge is 2.39. The Hall–Kier alpha value is -1.66. The highest BCUT2D eigenvalue weighted by molar-refractivity contribution is 5.80. The molecule has 0 aromatic heterocycles. The molecule has 0 spiro atoms. The topological polar surface area (TPSA) is 56.8 Å². The Kier molecular flexibility index (Phi) is 6.94. The summed E-state index contributed by atoms with van der Waals surface area (Å²) in [6.45, 7) is 1.68. The van der Waals surface area contributed by atoms with Crippen LogP contribution in [-0.4, -0.2) is 40.4 Å². The lowest BCUT2D eigenvalue weighted by molar-refractivity contribution is -0.144. The van der Waals surface area contributed by atoms with Crippen molar-refractivity contribution < 1.29 is 23.4 Å². The molecule has 1 aliphatic carbocycles. The maximum absolute atomic E-state index is 15.1. The lowest BCUT2D eigenvalue weighted by Gasteiger charge is -2.38. The van der Waals surface area contributed by atoms with Crippen LogP contribution in [0.4, 0.5) is 4.39 Å². The van der Waals surface area contributed by atoms with Crippen LogP contribution in [0.25, 0.3) is 0 Å². The smallest absolute Gasteiger partial charge is 0.313 e. The summed E-state index contributed by atoms with van der Waals surface area (Å²) in [4.78, 5) is 12.8. The van der Waals surface area contributed by atoms with E-state index in [2.05, 4.69) is 5.32 Å². The van der Waals surface area contributed by atoms with Crippen molar-refractivity contribution in [3.05, 3.63) is 29.1 Å². The molecule has 1 N–H and O–H groups in total. The molecule has 28 heavy (non-hydrogen) atoms. The van der Waals surface area contributed by atoms with Crippen LogP contribution in [0.1, 0.15) is 62.0 Å². The first-order valence-corrected chi connectivity index (χ1v) is 10.3. The number of carbonyl (C=O) groups is 1. The van der Waals surface area contributed by atoms with Gasteiger partial charge in [-0.05, 0) is 62.4 Å². The highest BCUT2D eigenvalue weighted by Crippen LogP contribution is 2.45. The monoisotopic (exact) mass is 393 g/mol. The maximum atomic E-state index is 15.1. The number of piperidine rings is 1. The molecule has 6 heteroatoms. The normalized spacial score (nSPS) is 21.1. The first-order chi connectivity index (χ1) is 13.6. The minimum absolute atomic E-state index is 0.0853. The highest BCUT2D eigenvalue weighted by atomic mass is 19.1. The summed E-state index contributed by atoms with van der Waals surface area (Å²) in [7, 11) is 4.53. The van der Waals surface area contributed by atoms with Gasteiger partial charge in [-0.2, -0.15) is 0 Å². The van der Waals surface area contributed by atoms with Crippen LogP contribution >= 0.6 is 0 Å². The average Bonchev–Trinajstić information content (AvgIpc) is 2.74. The van der Waals surface area contributed by atoms with E-state index >= 15 is 4.39 Å². The Morgan fingerprint density at radius 1 is 1.14 bits per heavy atom. The summed E-state index contributed by atoms with van der Waals surface area (Å²) in [5.41, 5.74) is 0.874. The zero-order chi connectivity index (χ0) is 20.1. The van der Waals surface area contributed by atoms with E-state index in [1.54, 1.807) is 7.11 Å². The zero-order valence-corrected chi connectivity index (χ0v) is 17.2. The number of ether oxygens (including phenoxy) is 3. The SMILES string of the molecule is COC(=O)C(c1cc(C2(OC)CCCCC2)cc(F)c1OC)C1CCNCC1. The molecule has 0 bridgehead atoms. The Morgan fingerprint density at radius 2 is 1.82 bits per heavy atom. The van der Waals surface area contributed by atoms with Gasteiger partial charge in [-0.15, -0.1) is 0 Å². The molecule has 156 valence electrons. The van der Waals surface area contributed by atoms with Crippen molar-refractivity contribution in [1.82, 2.24) is 5.32 Å². The van der Waals surface area contributed by atoms with Gasteiger partial charge in [0.1, 0.15) is 0 Å². The van der Waals surface area contributed by atoms with E-state index in [-0.39, 0.29) is 17.6 Å². The third-order valence-electron chi connectivity index (χ3n) is 6.50. The maximum Gasteiger partial charge on any atom is 0.313 e. The second kappa shape index (κ2) is 9.23. The minimum atomic E-state index is -0.547. The lowest BCUT2D eigenvalue weighted by atomic mass is 9.75. The van der Waals surface area contributed by atoms with Crippen molar-refractivity contribution in [2.45, 2.75) is 56.5 Å². The van der Waals surface area contributed by atoms with Crippen LogP contribution in [0.15, 0.2) is 12.1 Å². The van der Waals surface area contributed by atoms with Gasteiger partial charge in [0.15, 0.2) is 11.6 Å². The molecule has 0 radical (unpaired) electrons. The van der Waals surface area contributed by atoms with Gasteiger partial charge >= 0.3 is 5.97 Å². The van der Waals surface area contributed by atoms with Crippen LogP contribution in [0.2, 0.25) is 0 Å². The predicted molar refractivity (Wildman–Crippen MR) is 105 cm³/mol. The molecule has 3 rings (SSSR count). The Balaban J connectivity index is 2.10. The van der Waals surface area contributed by atoms with E-state index in [0.717, 1.165) is 63.6 Å². The predicted octanol–water partition coefficient (Wildman–Crippen LogP) is 3.90. The Morgan fingerprint density at radius 3 is 2.39 bits per heavy atom. The Bertz CT molecular complexity index is 681. The van der Waals surface area contributed by atoms with Gasteiger partial charge in [-0.25, -0.2) is 4.39 Å². The summed E-state index contributed by atoms with van der Waals surface area (Å²) in [5, 5.41) is 3.32. The third kappa shape index (κ3) is 4.03. The van der Waals surface area contributed by atoms with Crippen LogP contribution in [0.5, 0.6) is 5.75 Å². The Labute approximate surface area is 166 Å². The average molecular weight is 393 g/mol. The number of rotatable bonds is 6. The molecule has 1 saturated carbocycles. The minimum Gasteiger partial charge on any atom is -0.493 e. The number of carbonyl (C=O) groups excluding carboxylic acids is 1. The number of halogens is 1. The van der Waals surface area contributed by atoms with Crippen molar-refractivity contribution in [3.63, 3.8) is 0 Å². The molecule has 2 aliphatic rings. The fraction of sp³-hybridized carbons (Fsp3) is 0.682. The van der Waals surface area contributed by atoms with Crippen LogP contribution < -0.4 is 10.1 Å². The molecule has 1 aliphatic heterocycles. The van der Waals surface area contributed by atoms with Gasteiger partial charge in [0.05, 0.1) is 25.7 Å². The van der Waals surface area contributed by atoms with Crippen molar-refractivity contribution in [1.29, 1.82) is 0 Å². The van der Waals surface area contributed by atoms with Crippen LogP contribution in [0.3, 0.4) is 0 Å². The molecule has 1 saturated heterocycles. The third-order valence-corrected chi connectivity index (χ3v) is 6.50. The zero-order valence-electron chi connectivity index (χ0n) is 17.2. The number of esters is 1. The summed E-state index contributed by atoms with van der Waals surface area (Å²) in [6.07, 6.45) is 6.64. The lowest BCUT2D eigenvalue weighted by Crippen LogP contribution is -2.35. The van der Waals surface area contributed by atoms with Gasteiger partial charge < -0.3 is 19.5 Å². The first kappa shape index (κ1) is 21.1. The molecule has 1 unspecified atom stereocenters. The van der Waals surface area contributed by atoms with Crippen molar-refractivity contribution in [3.8, 4) is 5.75 Å². The largest absolute Gasteiger partial charge is 0.493 e. The van der Waals surface area contributed by atoms with Gasteiger partial charge in [0.2, 0.25) is 0 Å². The van der Waals surface area contributed by atoms with Crippen LogP contribution in [-0.2, 0) is 19.9 Å². The first-order valence-electron chi connectivity index (χ1n) is 10.3. The van der Waals surface area contributed by atoms with Crippen molar-refractivity contribution in [2.24, 2.45) is 5.92 Å². The van der Waals surface area contributed by atoms with E-state index in [1.165, 1.54) is 20.3 Å². The molecule has 1 heterocycles. The van der Waals surface area contributed by atoms with Crippen molar-refractivity contribution in [2.75, 3.05) is 34.4 Å². The quantitative estimate of drug-likeness (QED) is 0.743. The number of nitrogens with one attached hydrogen (secondary N) is 1. The second-order valence-corrected chi connectivity index (χ2v) is 7.93. The summed E-state index contributed by atoms with van der Waals surface area (Å²) < 4.78 is 31.6. The molecular weight excluding hydrogens is 361 g/mol. The van der Waals surface area contributed by atoms with E-state index in [4.69, 9.17) is 14.2 Å². The van der Waals surface area contributed by atoms with Gasteiger partial charge in [0.25, 0.3) is 0 Å². The summed E-state index contributed by atoms with van der Waals surface area (Å²) in [5.74, 6) is -1.10. The standard InChI is InChI=1S/C22H32FNO4/c1-26-20-17(19(21(25)27-2)15-7-11-24-12-8-15)13-16(14-18(20)23)22(28-3)9-5-4-6-10-22/h13-15,19,24H,4-12H2,1-3H3. The van der Waals surface area contributed by atoms with Gasteiger partial charge in [0, 0.05) is 12.7 Å².